The van der Waals surface area contributed by atoms with Crippen molar-refractivity contribution in [1.29, 1.82) is 0 Å². The van der Waals surface area contributed by atoms with Crippen LogP contribution in [0.25, 0.3) is 16.7 Å². The highest BCUT2D eigenvalue weighted by Crippen LogP contribution is 2.28. The molecule has 3 aromatic rings. The fraction of sp³-hybridized carbons (Fsp3) is 0.294. The molecule has 114 valence electrons. The molecular formula is C17H19N3S2. The van der Waals surface area contributed by atoms with Gasteiger partial charge in [-0.3, -0.25) is 0 Å². The minimum Gasteiger partial charge on any atom is -0.301 e. The summed E-state index contributed by atoms with van der Waals surface area (Å²) in [4.78, 5) is 10.4. The Kier molecular flexibility index (Phi) is 5.05. The second-order valence-electron chi connectivity index (χ2n) is 4.98. The number of rotatable bonds is 6. The van der Waals surface area contributed by atoms with Crippen molar-refractivity contribution in [3.8, 4) is 5.82 Å². The minimum atomic E-state index is 0.855. The maximum absolute atomic E-state index is 4.70. The van der Waals surface area contributed by atoms with E-state index in [0.717, 1.165) is 16.7 Å². The van der Waals surface area contributed by atoms with E-state index in [4.69, 9.17) is 4.98 Å². The van der Waals surface area contributed by atoms with Gasteiger partial charge in [-0.2, -0.15) is 0 Å². The molecule has 0 spiro atoms. The van der Waals surface area contributed by atoms with Gasteiger partial charge in [0.2, 0.25) is 0 Å². The lowest BCUT2D eigenvalue weighted by Crippen LogP contribution is -1.98. The summed E-state index contributed by atoms with van der Waals surface area (Å²) in [5, 5.41) is 2.13. The predicted octanol–water partition coefficient (Wildman–Crippen LogP) is 5.03. The molecule has 0 unspecified atom stereocenters. The Morgan fingerprint density at radius 3 is 2.91 bits per heavy atom. The van der Waals surface area contributed by atoms with Crippen LogP contribution in [0.4, 0.5) is 0 Å². The molecule has 0 aliphatic rings. The molecule has 0 saturated carbocycles. The number of nitrogens with zero attached hydrogens (tertiary/aromatic N) is 3. The van der Waals surface area contributed by atoms with E-state index < -0.39 is 0 Å². The molecule has 2 aromatic heterocycles. The molecular weight excluding hydrogens is 310 g/mol. The van der Waals surface area contributed by atoms with Crippen LogP contribution < -0.4 is 0 Å². The summed E-state index contributed by atoms with van der Waals surface area (Å²) in [5.41, 5.74) is 1.19. The van der Waals surface area contributed by atoms with E-state index in [1.165, 1.54) is 28.6 Å². The molecule has 0 aliphatic heterocycles. The smallest absolute Gasteiger partial charge is 0.189 e. The Morgan fingerprint density at radius 1 is 1.18 bits per heavy atom. The lowest BCUT2D eigenvalue weighted by molar-refractivity contribution is 0.878. The van der Waals surface area contributed by atoms with Crippen LogP contribution >= 0.6 is 23.5 Å². The van der Waals surface area contributed by atoms with Crippen LogP contribution in [0.1, 0.15) is 19.8 Å². The molecule has 0 radical (unpaired) electrons. The summed E-state index contributed by atoms with van der Waals surface area (Å²) in [7, 11) is 0. The van der Waals surface area contributed by atoms with Gasteiger partial charge >= 0.3 is 0 Å². The van der Waals surface area contributed by atoms with Gasteiger partial charge in [-0.05, 0) is 36.9 Å². The number of hydrogen-bond donors (Lipinski definition) is 0. The van der Waals surface area contributed by atoms with Gasteiger partial charge in [0.15, 0.2) is 5.16 Å². The highest BCUT2D eigenvalue weighted by atomic mass is 32.2. The molecule has 22 heavy (non-hydrogen) atoms. The molecule has 3 nitrogen and oxygen atoms in total. The highest BCUT2D eigenvalue weighted by Gasteiger charge is 2.08. The van der Waals surface area contributed by atoms with Crippen LogP contribution in [0.2, 0.25) is 0 Å². The summed E-state index contributed by atoms with van der Waals surface area (Å²) < 4.78 is 2.14. The van der Waals surface area contributed by atoms with Crippen molar-refractivity contribution < 1.29 is 0 Å². The van der Waals surface area contributed by atoms with Crippen LogP contribution in [0.3, 0.4) is 0 Å². The zero-order valence-electron chi connectivity index (χ0n) is 12.8. The van der Waals surface area contributed by atoms with Gasteiger partial charge in [0.25, 0.3) is 0 Å². The molecule has 0 aliphatic carbocycles. The molecule has 0 atom stereocenters. The number of fused-ring (bicyclic) bond motifs is 1. The molecule has 0 bridgehead atoms. The van der Waals surface area contributed by atoms with E-state index in [-0.39, 0.29) is 0 Å². The zero-order chi connectivity index (χ0) is 15.4. The average molecular weight is 329 g/mol. The van der Waals surface area contributed by atoms with Crippen molar-refractivity contribution >= 4 is 34.4 Å². The maximum atomic E-state index is 4.70. The molecule has 3 rings (SSSR count). The number of hydrogen-bond acceptors (Lipinski definition) is 4. The van der Waals surface area contributed by atoms with Crippen molar-refractivity contribution in [1.82, 2.24) is 14.5 Å². The standard InChI is InChI=1S/C17H19N3S2/c1-3-4-12-22-17-18-10-8-16(19-17)20-11-9-13-14(20)6-5-7-15(13)21-2/h5-11H,3-4,12H2,1-2H3. The summed E-state index contributed by atoms with van der Waals surface area (Å²) >= 11 is 3.50. The Labute approximate surface area is 139 Å². The fourth-order valence-corrected chi connectivity index (χ4v) is 3.88. The third-order valence-electron chi connectivity index (χ3n) is 3.51. The lowest BCUT2D eigenvalue weighted by Gasteiger charge is -2.07. The number of benzene rings is 1. The van der Waals surface area contributed by atoms with Gasteiger partial charge in [-0.25, -0.2) is 9.97 Å². The normalized spacial score (nSPS) is 11.2. The quantitative estimate of drug-likeness (QED) is 0.360. The molecule has 0 fully saturated rings. The zero-order valence-corrected chi connectivity index (χ0v) is 14.5. The molecule has 2 heterocycles. The predicted molar refractivity (Wildman–Crippen MR) is 96.3 cm³/mol. The van der Waals surface area contributed by atoms with E-state index in [2.05, 4.69) is 53.2 Å². The van der Waals surface area contributed by atoms with Crippen LogP contribution in [0, 0.1) is 0 Å². The van der Waals surface area contributed by atoms with E-state index in [9.17, 15) is 0 Å². The summed E-state index contributed by atoms with van der Waals surface area (Å²) in [6, 6.07) is 10.5. The average Bonchev–Trinajstić information content (AvgIpc) is 2.99. The molecule has 0 N–H and O–H groups in total. The van der Waals surface area contributed by atoms with Crippen molar-refractivity contribution in [2.24, 2.45) is 0 Å². The van der Waals surface area contributed by atoms with Crippen LogP contribution in [0.15, 0.2) is 52.8 Å². The largest absolute Gasteiger partial charge is 0.301 e. The molecule has 1 aromatic carbocycles. The number of thioether (sulfide) groups is 2. The van der Waals surface area contributed by atoms with Gasteiger partial charge in [-0.15, -0.1) is 11.8 Å². The van der Waals surface area contributed by atoms with Gasteiger partial charge < -0.3 is 4.57 Å². The number of aromatic nitrogens is 3. The van der Waals surface area contributed by atoms with Gasteiger partial charge in [0.1, 0.15) is 5.82 Å². The minimum absolute atomic E-state index is 0.855. The monoisotopic (exact) mass is 329 g/mol. The van der Waals surface area contributed by atoms with Gasteiger partial charge in [-0.1, -0.05) is 31.2 Å². The van der Waals surface area contributed by atoms with Gasteiger partial charge in [0.05, 0.1) is 5.52 Å². The van der Waals surface area contributed by atoms with Crippen molar-refractivity contribution in [2.45, 2.75) is 29.8 Å². The topological polar surface area (TPSA) is 30.7 Å². The Balaban J connectivity index is 1.96. The van der Waals surface area contributed by atoms with Gasteiger partial charge in [0, 0.05) is 28.4 Å². The first-order valence-electron chi connectivity index (χ1n) is 7.43. The van der Waals surface area contributed by atoms with Crippen LogP contribution in [-0.4, -0.2) is 26.5 Å². The third-order valence-corrected chi connectivity index (χ3v) is 5.25. The summed E-state index contributed by atoms with van der Waals surface area (Å²) in [6.07, 6.45) is 8.45. The second kappa shape index (κ2) is 7.20. The summed E-state index contributed by atoms with van der Waals surface area (Å²) in [5.74, 6) is 2.01. The maximum Gasteiger partial charge on any atom is 0.189 e. The Bertz CT molecular complexity index is 767. The Morgan fingerprint density at radius 2 is 2.09 bits per heavy atom. The van der Waals surface area contributed by atoms with Crippen molar-refractivity contribution in [3.63, 3.8) is 0 Å². The first-order chi connectivity index (χ1) is 10.8. The third kappa shape index (κ3) is 3.15. The molecule has 0 amide bonds. The van der Waals surface area contributed by atoms with Crippen molar-refractivity contribution in [2.75, 3.05) is 12.0 Å². The second-order valence-corrected chi connectivity index (χ2v) is 6.89. The van der Waals surface area contributed by atoms with Crippen LogP contribution in [-0.2, 0) is 0 Å². The van der Waals surface area contributed by atoms with E-state index in [1.807, 2.05) is 12.3 Å². The first kappa shape index (κ1) is 15.4. The van der Waals surface area contributed by atoms with E-state index in [0.29, 0.717) is 0 Å². The molecule has 5 heteroatoms. The SMILES string of the molecule is CCCCSc1nccc(-n2ccc3c(SC)cccc32)n1. The van der Waals surface area contributed by atoms with E-state index >= 15 is 0 Å². The highest BCUT2D eigenvalue weighted by molar-refractivity contribution is 7.99. The summed E-state index contributed by atoms with van der Waals surface area (Å²) in [6.45, 7) is 2.20. The van der Waals surface area contributed by atoms with Crippen molar-refractivity contribution in [3.05, 3.63) is 42.7 Å². The Hall–Kier alpha value is -1.46. The fourth-order valence-electron chi connectivity index (χ4n) is 2.36. The molecule has 0 saturated heterocycles. The van der Waals surface area contributed by atoms with E-state index in [1.54, 1.807) is 23.5 Å². The number of unbranched alkanes of at least 4 members (excludes halogenated alkanes) is 1. The first-order valence-corrected chi connectivity index (χ1v) is 9.65. The lowest BCUT2D eigenvalue weighted by atomic mass is 10.2. The van der Waals surface area contributed by atoms with Crippen LogP contribution in [0.5, 0.6) is 0 Å².